The van der Waals surface area contributed by atoms with Gasteiger partial charge in [-0.2, -0.15) is 0 Å². The van der Waals surface area contributed by atoms with Crippen molar-refractivity contribution in [2.75, 3.05) is 14.2 Å². The van der Waals surface area contributed by atoms with Crippen LogP contribution in [-0.2, 0) is 6.61 Å². The number of ether oxygens (including phenoxy) is 3. The molecule has 4 heteroatoms. The van der Waals surface area contributed by atoms with Gasteiger partial charge in [0, 0.05) is 6.04 Å². The van der Waals surface area contributed by atoms with E-state index in [2.05, 4.69) is 0 Å². The first-order valence-electron chi connectivity index (χ1n) is 6.83. The predicted molar refractivity (Wildman–Crippen MR) is 82.9 cm³/mol. The van der Waals surface area contributed by atoms with Gasteiger partial charge in [0.1, 0.15) is 12.4 Å². The molecular formula is C17H21NO3. The molecule has 2 aromatic carbocycles. The van der Waals surface area contributed by atoms with Gasteiger partial charge in [-0.05, 0) is 42.3 Å². The highest BCUT2D eigenvalue weighted by atomic mass is 16.5. The summed E-state index contributed by atoms with van der Waals surface area (Å²) in [4.78, 5) is 0. The molecule has 0 saturated carbocycles. The van der Waals surface area contributed by atoms with E-state index in [0.717, 1.165) is 16.9 Å². The predicted octanol–water partition coefficient (Wildman–Crippen LogP) is 3.30. The Labute approximate surface area is 125 Å². The summed E-state index contributed by atoms with van der Waals surface area (Å²) in [6.07, 6.45) is 0. The van der Waals surface area contributed by atoms with Crippen LogP contribution < -0.4 is 19.9 Å². The van der Waals surface area contributed by atoms with E-state index in [1.165, 1.54) is 0 Å². The van der Waals surface area contributed by atoms with Crippen molar-refractivity contribution >= 4 is 0 Å². The summed E-state index contributed by atoms with van der Waals surface area (Å²) in [7, 11) is 3.24. The van der Waals surface area contributed by atoms with Crippen LogP contribution in [0.2, 0.25) is 0 Å². The first-order valence-corrected chi connectivity index (χ1v) is 6.83. The number of rotatable bonds is 6. The number of hydrogen-bond acceptors (Lipinski definition) is 4. The lowest BCUT2D eigenvalue weighted by Gasteiger charge is -2.12. The minimum atomic E-state index is -0.00497. The van der Waals surface area contributed by atoms with Gasteiger partial charge in [-0.15, -0.1) is 0 Å². The second kappa shape index (κ2) is 6.99. The van der Waals surface area contributed by atoms with Crippen LogP contribution in [0.25, 0.3) is 0 Å². The number of nitrogens with two attached hydrogens (primary N) is 1. The molecule has 0 saturated heterocycles. The van der Waals surface area contributed by atoms with Crippen molar-refractivity contribution in [1.82, 2.24) is 0 Å². The molecule has 0 aliphatic carbocycles. The number of methoxy groups -OCH3 is 2. The van der Waals surface area contributed by atoms with Crippen LogP contribution in [0, 0.1) is 0 Å². The molecule has 21 heavy (non-hydrogen) atoms. The van der Waals surface area contributed by atoms with Crippen LogP contribution in [0.4, 0.5) is 0 Å². The Kier molecular flexibility index (Phi) is 5.06. The second-order valence-corrected chi connectivity index (χ2v) is 4.84. The van der Waals surface area contributed by atoms with Gasteiger partial charge in [-0.3, -0.25) is 0 Å². The first-order chi connectivity index (χ1) is 10.1. The van der Waals surface area contributed by atoms with Crippen LogP contribution in [-0.4, -0.2) is 14.2 Å². The van der Waals surface area contributed by atoms with E-state index in [0.29, 0.717) is 18.1 Å². The van der Waals surface area contributed by atoms with E-state index in [4.69, 9.17) is 19.9 Å². The summed E-state index contributed by atoms with van der Waals surface area (Å²) in [5.41, 5.74) is 7.94. The standard InChI is InChI=1S/C17H21NO3/c1-12(18)14-5-4-6-15(10-14)21-11-13-7-8-16(19-2)17(9-13)20-3/h4-10,12H,11,18H2,1-3H3. The van der Waals surface area contributed by atoms with Crippen molar-refractivity contribution in [3.8, 4) is 17.2 Å². The quantitative estimate of drug-likeness (QED) is 0.885. The van der Waals surface area contributed by atoms with E-state index >= 15 is 0 Å². The van der Waals surface area contributed by atoms with Crippen LogP contribution >= 0.6 is 0 Å². The van der Waals surface area contributed by atoms with E-state index in [9.17, 15) is 0 Å². The summed E-state index contributed by atoms with van der Waals surface area (Å²) in [6, 6.07) is 13.6. The molecule has 2 aromatic rings. The van der Waals surface area contributed by atoms with E-state index in [1.807, 2.05) is 49.4 Å². The highest BCUT2D eigenvalue weighted by Crippen LogP contribution is 2.28. The van der Waals surface area contributed by atoms with E-state index < -0.39 is 0 Å². The average molecular weight is 287 g/mol. The summed E-state index contributed by atoms with van der Waals surface area (Å²) < 4.78 is 16.3. The fourth-order valence-electron chi connectivity index (χ4n) is 2.02. The molecule has 1 unspecified atom stereocenters. The lowest BCUT2D eigenvalue weighted by Crippen LogP contribution is -2.05. The number of benzene rings is 2. The molecule has 0 fully saturated rings. The molecule has 2 N–H and O–H groups in total. The zero-order valence-electron chi connectivity index (χ0n) is 12.6. The molecule has 0 radical (unpaired) electrons. The van der Waals surface area contributed by atoms with Gasteiger partial charge in [0.15, 0.2) is 11.5 Å². The van der Waals surface area contributed by atoms with Crippen LogP contribution in [0.15, 0.2) is 42.5 Å². The van der Waals surface area contributed by atoms with E-state index in [1.54, 1.807) is 14.2 Å². The summed E-state index contributed by atoms with van der Waals surface area (Å²) in [6.45, 7) is 2.41. The monoisotopic (exact) mass is 287 g/mol. The second-order valence-electron chi connectivity index (χ2n) is 4.84. The van der Waals surface area contributed by atoms with Crippen molar-refractivity contribution in [1.29, 1.82) is 0 Å². The Morgan fingerprint density at radius 2 is 1.76 bits per heavy atom. The summed E-state index contributed by atoms with van der Waals surface area (Å²) in [5, 5.41) is 0. The summed E-state index contributed by atoms with van der Waals surface area (Å²) in [5.74, 6) is 2.21. The van der Waals surface area contributed by atoms with Crippen LogP contribution in [0.5, 0.6) is 17.2 Å². The van der Waals surface area contributed by atoms with Crippen LogP contribution in [0.3, 0.4) is 0 Å². The highest BCUT2D eigenvalue weighted by Gasteiger charge is 2.06. The molecule has 1 atom stereocenters. The Morgan fingerprint density at radius 1 is 1.00 bits per heavy atom. The highest BCUT2D eigenvalue weighted by molar-refractivity contribution is 5.43. The third-order valence-electron chi connectivity index (χ3n) is 3.24. The molecule has 0 spiro atoms. The Morgan fingerprint density at radius 3 is 2.43 bits per heavy atom. The Balaban J connectivity index is 2.07. The maximum absolute atomic E-state index is 5.87. The van der Waals surface area contributed by atoms with Gasteiger partial charge < -0.3 is 19.9 Å². The minimum Gasteiger partial charge on any atom is -0.493 e. The minimum absolute atomic E-state index is 0.00497. The fourth-order valence-corrected chi connectivity index (χ4v) is 2.02. The topological polar surface area (TPSA) is 53.7 Å². The van der Waals surface area contributed by atoms with Crippen molar-refractivity contribution in [2.24, 2.45) is 5.73 Å². The lowest BCUT2D eigenvalue weighted by molar-refractivity contribution is 0.303. The van der Waals surface area contributed by atoms with Gasteiger partial charge in [0.05, 0.1) is 14.2 Å². The largest absolute Gasteiger partial charge is 0.493 e. The van der Waals surface area contributed by atoms with Crippen LogP contribution in [0.1, 0.15) is 24.1 Å². The van der Waals surface area contributed by atoms with Gasteiger partial charge in [-0.1, -0.05) is 18.2 Å². The van der Waals surface area contributed by atoms with Gasteiger partial charge in [0.25, 0.3) is 0 Å². The molecule has 0 aliphatic heterocycles. The van der Waals surface area contributed by atoms with Gasteiger partial charge in [-0.25, -0.2) is 0 Å². The molecule has 0 bridgehead atoms. The van der Waals surface area contributed by atoms with Gasteiger partial charge >= 0.3 is 0 Å². The zero-order chi connectivity index (χ0) is 15.2. The molecule has 0 amide bonds. The van der Waals surface area contributed by atoms with Gasteiger partial charge in [0.2, 0.25) is 0 Å². The first kappa shape index (κ1) is 15.2. The van der Waals surface area contributed by atoms with Crippen molar-refractivity contribution in [3.63, 3.8) is 0 Å². The van der Waals surface area contributed by atoms with E-state index in [-0.39, 0.29) is 6.04 Å². The average Bonchev–Trinajstić information content (AvgIpc) is 2.52. The van der Waals surface area contributed by atoms with Crippen molar-refractivity contribution in [2.45, 2.75) is 19.6 Å². The van der Waals surface area contributed by atoms with Crippen molar-refractivity contribution in [3.05, 3.63) is 53.6 Å². The lowest BCUT2D eigenvalue weighted by atomic mass is 10.1. The molecule has 112 valence electrons. The normalized spacial score (nSPS) is 11.8. The molecule has 0 aromatic heterocycles. The Bertz CT molecular complexity index is 596. The molecule has 0 aliphatic rings. The fraction of sp³-hybridized carbons (Fsp3) is 0.294. The number of hydrogen-bond donors (Lipinski definition) is 1. The molecule has 2 rings (SSSR count). The Hall–Kier alpha value is -2.20. The van der Waals surface area contributed by atoms with Crippen molar-refractivity contribution < 1.29 is 14.2 Å². The maximum atomic E-state index is 5.87. The molecule has 0 heterocycles. The smallest absolute Gasteiger partial charge is 0.161 e. The maximum Gasteiger partial charge on any atom is 0.161 e. The molecular weight excluding hydrogens is 266 g/mol. The summed E-state index contributed by atoms with van der Waals surface area (Å²) >= 11 is 0. The molecule has 4 nitrogen and oxygen atoms in total. The third kappa shape index (κ3) is 3.89. The SMILES string of the molecule is COc1ccc(COc2cccc(C(C)N)c2)cc1OC. The third-order valence-corrected chi connectivity index (χ3v) is 3.24. The zero-order valence-corrected chi connectivity index (χ0v) is 12.6.